The highest BCUT2D eigenvalue weighted by Gasteiger charge is 2.30. The maximum absolute atomic E-state index is 11.8. The van der Waals surface area contributed by atoms with Gasteiger partial charge in [-0.25, -0.2) is 14.4 Å². The van der Waals surface area contributed by atoms with Gasteiger partial charge in [0, 0.05) is 54.9 Å². The number of esters is 1. The number of benzene rings is 4. The van der Waals surface area contributed by atoms with E-state index in [1.807, 2.05) is 192 Å². The molecule has 8 rings (SSSR count). The lowest BCUT2D eigenvalue weighted by molar-refractivity contribution is -0.151. The van der Waals surface area contributed by atoms with Gasteiger partial charge in [-0.3, -0.25) is 23.5 Å². The predicted octanol–water partition coefficient (Wildman–Crippen LogP) is 21.6. The average molecular weight is 1700 g/mol. The number of hydrogen-bond donors (Lipinski definition) is 0. The number of carbonyl (C=O) groups excluding carboxylic acids is 4. The van der Waals surface area contributed by atoms with Crippen molar-refractivity contribution in [2.45, 2.75) is 261 Å². The van der Waals surface area contributed by atoms with Gasteiger partial charge in [-0.1, -0.05) is 187 Å². The van der Waals surface area contributed by atoms with Crippen LogP contribution >= 0.6 is 0 Å². The molecule has 0 amide bonds. The van der Waals surface area contributed by atoms with E-state index in [9.17, 15) is 40.2 Å². The summed E-state index contributed by atoms with van der Waals surface area (Å²) in [6, 6.07) is 40.5. The largest absolute Gasteiger partial charge is 0.511 e. The van der Waals surface area contributed by atoms with Crippen molar-refractivity contribution < 1.29 is 71.3 Å². The summed E-state index contributed by atoms with van der Waals surface area (Å²) in [5.74, 6) is 0.982. The first kappa shape index (κ1) is 102. The van der Waals surface area contributed by atoms with Crippen LogP contribution in [0.2, 0.25) is 0 Å². The summed E-state index contributed by atoms with van der Waals surface area (Å²) in [6.45, 7) is 57.1. The highest BCUT2D eigenvalue weighted by molar-refractivity contribution is 5.97. The molecule has 0 bridgehead atoms. The first-order valence-electron chi connectivity index (χ1n) is 41.6. The Balaban J connectivity index is 0.000000294. The van der Waals surface area contributed by atoms with Gasteiger partial charge in [0.2, 0.25) is 27.2 Å². The Morgan fingerprint density at radius 3 is 0.782 bits per heavy atom. The minimum absolute atomic E-state index is 0.00271. The molecule has 27 heteroatoms. The molecular formula is C97H126N12O15. The number of rotatable bonds is 28. The number of nitriles is 4. The standard InChI is InChI=1S/C25H33N3O4.C25H33N3O3.C24H31N3O4.C23H29N3O4/c1-9-28-22(17(4)18(5)27-28)23(30-15-31-24(29)32-16(2)3)21(14-26)19-10-12-20(13-11-19)25(6,7)8;1-8-10-22(29)30-16-31-24(23-17(3)18(4)27-28(23)9-2)21(15-26)19-11-13-20(14-12-19)25(5,6)7;1-8-27-21(16(3)17(4)26-27)22(30-15-31-23(28)29-9-2)20(14-25)18-10-12-19(13-11-18)24(5,6)7;1-8-26-20(15(2)16(3)25-26)21(29-14-30-22(27)28-7)19(13-24)17-9-11-18(12-10-17)23(4,5)6/h10-13,16H,9,15H2,1-8H3;11-14H,8-10,16H2,1-7H3;10-13H,8-9,15H2,1-7H3;9-12H,8,14H2,1-7H3/b23-21-;24-21-;22-20-;21-19-. The van der Waals surface area contributed by atoms with Crippen molar-refractivity contribution in [3.63, 3.8) is 0 Å². The zero-order chi connectivity index (χ0) is 92.9. The van der Waals surface area contributed by atoms with Crippen molar-refractivity contribution >= 4 is 69.8 Å². The normalized spacial score (nSPS) is 12.1. The van der Waals surface area contributed by atoms with Crippen molar-refractivity contribution in [1.82, 2.24) is 39.1 Å². The third kappa shape index (κ3) is 27.6. The third-order valence-corrected chi connectivity index (χ3v) is 20.1. The lowest BCUT2D eigenvalue weighted by Crippen LogP contribution is -2.15. The molecule has 27 nitrogen and oxygen atoms in total. The first-order chi connectivity index (χ1) is 58.4. The lowest BCUT2D eigenvalue weighted by atomic mass is 9.86. The molecule has 0 saturated carbocycles. The number of nitrogens with zero attached hydrogens (tertiary/aromatic N) is 12. The van der Waals surface area contributed by atoms with Crippen molar-refractivity contribution in [3.8, 4) is 24.3 Å². The van der Waals surface area contributed by atoms with Crippen molar-refractivity contribution in [1.29, 1.82) is 21.0 Å². The van der Waals surface area contributed by atoms with Gasteiger partial charge in [-0.15, -0.1) is 0 Å². The van der Waals surface area contributed by atoms with Crippen molar-refractivity contribution in [2.75, 3.05) is 40.9 Å². The van der Waals surface area contributed by atoms with Gasteiger partial charge >= 0.3 is 24.4 Å². The van der Waals surface area contributed by atoms with E-state index in [-0.39, 0.29) is 67.5 Å². The van der Waals surface area contributed by atoms with Crippen LogP contribution in [0.3, 0.4) is 0 Å². The molecular weight excluding hydrogens is 1570 g/mol. The molecule has 0 aliphatic rings. The molecule has 0 radical (unpaired) electrons. The Hall–Kier alpha value is -12.9. The molecule has 0 atom stereocenters. The monoisotopic (exact) mass is 1700 g/mol. The summed E-state index contributed by atoms with van der Waals surface area (Å²) in [6.07, 6.45) is -1.80. The summed E-state index contributed by atoms with van der Waals surface area (Å²) in [4.78, 5) is 46.5. The molecule has 8 aromatic rings. The third-order valence-electron chi connectivity index (χ3n) is 20.1. The Morgan fingerprint density at radius 1 is 0.347 bits per heavy atom. The molecule has 124 heavy (non-hydrogen) atoms. The number of hydrogen-bond acceptors (Lipinski definition) is 23. The van der Waals surface area contributed by atoms with Crippen LogP contribution in [0, 0.1) is 101 Å². The minimum Gasteiger partial charge on any atom is -0.454 e. The first-order valence-corrected chi connectivity index (χ1v) is 41.6. The summed E-state index contributed by atoms with van der Waals surface area (Å²) < 4.78 is 65.1. The lowest BCUT2D eigenvalue weighted by Gasteiger charge is -2.20. The summed E-state index contributed by atoms with van der Waals surface area (Å²) >= 11 is 0. The number of ether oxygens (including phenoxy) is 11. The van der Waals surface area contributed by atoms with E-state index in [0.717, 1.165) is 73.0 Å². The van der Waals surface area contributed by atoms with Gasteiger partial charge in [0.05, 0.1) is 42.6 Å². The maximum atomic E-state index is 11.8. The molecule has 4 heterocycles. The molecule has 0 saturated heterocycles. The highest BCUT2D eigenvalue weighted by atomic mass is 16.8. The summed E-state index contributed by atoms with van der Waals surface area (Å²) in [5, 5.41) is 58.4. The zero-order valence-electron chi connectivity index (χ0n) is 78.1. The molecule has 0 aliphatic carbocycles. The van der Waals surface area contributed by atoms with Gasteiger partial charge in [0.25, 0.3) is 0 Å². The second-order valence-electron chi connectivity index (χ2n) is 33.4. The van der Waals surface area contributed by atoms with Gasteiger partial charge in [0.1, 0.15) is 69.3 Å². The van der Waals surface area contributed by atoms with Gasteiger partial charge < -0.3 is 52.1 Å². The fourth-order valence-electron chi connectivity index (χ4n) is 12.6. The SMILES string of the molecule is CCCC(=O)OCO/C(=C(/C#N)c1ccc(C(C)(C)C)cc1)c1c(C)c(C)nn1CC.CCOC(=O)OCO/C(=C(/C#N)c1ccc(C(C)(C)C)cc1)c1c(C)c(C)nn1CC.CCn1nc(C)c(C)c1/C(OCOC(=O)OC(C)C)=C(\C#N)c1ccc(C(C)(C)C)cc1.CCn1nc(C)c(C)c1/C(OCOC(=O)OC)=C(\C#N)c1ccc(C(C)(C)C)cc1. The molecule has 0 N–H and O–H groups in total. The molecule has 0 unspecified atom stereocenters. The van der Waals surface area contributed by atoms with Crippen LogP contribution in [-0.4, -0.2) is 111 Å². The highest BCUT2D eigenvalue weighted by Crippen LogP contribution is 2.38. The molecule has 4 aromatic heterocycles. The Bertz CT molecular complexity index is 5120. The van der Waals surface area contributed by atoms with Gasteiger partial charge in [0.15, 0.2) is 23.0 Å². The van der Waals surface area contributed by atoms with E-state index < -0.39 is 18.5 Å². The Morgan fingerprint density at radius 2 is 0.581 bits per heavy atom. The molecule has 664 valence electrons. The van der Waals surface area contributed by atoms with E-state index in [1.165, 1.54) is 12.7 Å². The van der Waals surface area contributed by atoms with Crippen LogP contribution in [0.25, 0.3) is 45.3 Å². The molecule has 0 fully saturated rings. The number of allylic oxidation sites excluding steroid dienone is 4. The van der Waals surface area contributed by atoms with Gasteiger partial charge in [-0.2, -0.15) is 41.4 Å². The maximum Gasteiger partial charge on any atom is 0.511 e. The quantitative estimate of drug-likeness (QED) is 0.0144. The van der Waals surface area contributed by atoms with Crippen LogP contribution in [0.15, 0.2) is 97.1 Å². The molecule has 4 aromatic carbocycles. The van der Waals surface area contributed by atoms with Crippen LogP contribution in [-0.2, 0) is 105 Å². The number of methoxy groups -OCH3 is 1. The molecule has 0 spiro atoms. The van der Waals surface area contributed by atoms with E-state index in [4.69, 9.17) is 47.4 Å². The summed E-state index contributed by atoms with van der Waals surface area (Å²) in [7, 11) is 1.22. The number of aromatic nitrogens is 8. The zero-order valence-corrected chi connectivity index (χ0v) is 78.1. The number of carbonyl (C=O) groups is 4. The second kappa shape index (κ2) is 46.4. The second-order valence-corrected chi connectivity index (χ2v) is 33.4. The Labute approximate surface area is 732 Å². The van der Waals surface area contributed by atoms with Crippen molar-refractivity contribution in [2.24, 2.45) is 0 Å². The molecule has 0 aliphatic heterocycles. The van der Waals surface area contributed by atoms with E-state index in [1.54, 1.807) is 34.8 Å². The Kier molecular flexibility index (Phi) is 38.0. The van der Waals surface area contributed by atoms with Crippen LogP contribution in [0.4, 0.5) is 14.4 Å². The van der Waals surface area contributed by atoms with Crippen LogP contribution in [0.5, 0.6) is 0 Å². The van der Waals surface area contributed by atoms with E-state index >= 15 is 0 Å². The van der Waals surface area contributed by atoms with Crippen LogP contribution < -0.4 is 0 Å². The number of aryl methyl sites for hydroxylation is 8. The average Bonchev–Trinajstić information content (AvgIpc) is 1.59. The van der Waals surface area contributed by atoms with Crippen LogP contribution in [0.1, 0.15) is 264 Å². The van der Waals surface area contributed by atoms with E-state index in [2.05, 4.69) is 132 Å². The fraction of sp³-hybridized carbons (Fsp3) is 0.464. The minimum atomic E-state index is -0.862. The smallest absolute Gasteiger partial charge is 0.454 e. The van der Waals surface area contributed by atoms with Crippen molar-refractivity contribution in [3.05, 3.63) is 209 Å². The van der Waals surface area contributed by atoms with Gasteiger partial charge in [-0.05, 0) is 176 Å². The van der Waals surface area contributed by atoms with E-state index in [0.29, 0.717) is 118 Å². The fourth-order valence-corrected chi connectivity index (χ4v) is 12.6. The topological polar surface area (TPSA) is 336 Å². The summed E-state index contributed by atoms with van der Waals surface area (Å²) in [5.41, 5.74) is 18.7. The predicted molar refractivity (Wildman–Crippen MR) is 479 cm³/mol.